The fourth-order valence-electron chi connectivity index (χ4n) is 3.50. The Hall–Kier alpha value is -3.44. The van der Waals surface area contributed by atoms with Crippen LogP contribution in [0.4, 0.5) is 22.0 Å². The summed E-state index contributed by atoms with van der Waals surface area (Å²) in [4.78, 5) is 21.1. The number of fused-ring (bicyclic) bond motifs is 1. The van der Waals surface area contributed by atoms with Crippen LogP contribution in [-0.4, -0.2) is 42.3 Å². The molecule has 0 unspecified atom stereocenters. The van der Waals surface area contributed by atoms with Crippen LogP contribution in [0.1, 0.15) is 46.0 Å². The first-order valence-electron chi connectivity index (χ1n) is 9.19. The van der Waals surface area contributed by atoms with E-state index >= 15 is 0 Å². The summed E-state index contributed by atoms with van der Waals surface area (Å²) in [5.74, 6) is -2.75. The first-order valence-corrected chi connectivity index (χ1v) is 9.19. The first-order chi connectivity index (χ1) is 14.6. The van der Waals surface area contributed by atoms with Crippen molar-refractivity contribution in [2.75, 3.05) is 6.54 Å². The minimum absolute atomic E-state index is 0.0870. The van der Waals surface area contributed by atoms with Gasteiger partial charge in [0, 0.05) is 19.2 Å². The molecule has 3 aromatic heterocycles. The van der Waals surface area contributed by atoms with E-state index in [-0.39, 0.29) is 13.0 Å². The van der Waals surface area contributed by atoms with Crippen LogP contribution in [0.3, 0.4) is 0 Å². The van der Waals surface area contributed by atoms with Crippen LogP contribution in [0, 0.1) is 18.6 Å². The maximum Gasteiger partial charge on any atom is 0.436 e. The first kappa shape index (κ1) is 20.8. The zero-order chi connectivity index (χ0) is 22.5. The van der Waals surface area contributed by atoms with Gasteiger partial charge in [-0.1, -0.05) is 5.21 Å². The molecule has 0 radical (unpaired) electrons. The molecule has 1 aliphatic rings. The van der Waals surface area contributed by atoms with E-state index in [1.807, 2.05) is 0 Å². The molecule has 0 saturated heterocycles. The highest BCUT2D eigenvalue weighted by Crippen LogP contribution is 2.33. The molecule has 0 aromatic carbocycles. The normalized spacial score (nSPS) is 16.4. The van der Waals surface area contributed by atoms with E-state index in [1.54, 1.807) is 13.8 Å². The van der Waals surface area contributed by atoms with E-state index in [9.17, 15) is 26.7 Å². The molecule has 4 heterocycles. The zero-order valence-corrected chi connectivity index (χ0v) is 16.3. The van der Waals surface area contributed by atoms with Gasteiger partial charge in [-0.15, -0.1) is 5.10 Å². The number of hydrogen-bond donors (Lipinski definition) is 0. The van der Waals surface area contributed by atoms with Gasteiger partial charge in [0.2, 0.25) is 0 Å². The largest absolute Gasteiger partial charge is 0.436 e. The molecule has 7 nitrogen and oxygen atoms in total. The summed E-state index contributed by atoms with van der Waals surface area (Å²) in [6, 6.07) is 1.72. The number of amides is 1. The molecule has 0 bridgehead atoms. The molecule has 1 aliphatic heterocycles. The van der Waals surface area contributed by atoms with Crippen LogP contribution < -0.4 is 0 Å². The van der Waals surface area contributed by atoms with Crippen LogP contribution in [0.15, 0.2) is 24.5 Å². The molecule has 0 aliphatic carbocycles. The molecule has 0 saturated carbocycles. The van der Waals surface area contributed by atoms with Crippen LogP contribution >= 0.6 is 0 Å². The highest BCUT2D eigenvalue weighted by atomic mass is 19.4. The van der Waals surface area contributed by atoms with Crippen LogP contribution in [0.5, 0.6) is 0 Å². The predicted octanol–water partition coefficient (Wildman–Crippen LogP) is 3.42. The van der Waals surface area contributed by atoms with Crippen LogP contribution in [-0.2, 0) is 12.6 Å². The Morgan fingerprint density at radius 2 is 1.97 bits per heavy atom. The zero-order valence-electron chi connectivity index (χ0n) is 16.3. The van der Waals surface area contributed by atoms with Crippen molar-refractivity contribution < 1.29 is 26.7 Å². The molecule has 0 spiro atoms. The fourth-order valence-corrected chi connectivity index (χ4v) is 3.50. The quantitative estimate of drug-likeness (QED) is 0.573. The molecule has 0 N–H and O–H groups in total. The average molecular weight is 438 g/mol. The van der Waals surface area contributed by atoms with E-state index < -0.39 is 41.0 Å². The van der Waals surface area contributed by atoms with Crippen molar-refractivity contribution in [2.45, 2.75) is 32.5 Å². The topological polar surface area (TPSA) is 76.8 Å². The minimum atomic E-state index is -5.02. The molecular weight excluding hydrogens is 423 g/mol. The minimum Gasteiger partial charge on any atom is -0.330 e. The van der Waals surface area contributed by atoms with Gasteiger partial charge in [-0.2, -0.15) is 17.9 Å². The summed E-state index contributed by atoms with van der Waals surface area (Å²) in [5.41, 5.74) is -1.08. The van der Waals surface area contributed by atoms with Crippen molar-refractivity contribution in [2.24, 2.45) is 0 Å². The number of aromatic nitrogens is 5. The lowest BCUT2D eigenvalue weighted by molar-refractivity contribution is -0.143. The monoisotopic (exact) mass is 438 g/mol. The summed E-state index contributed by atoms with van der Waals surface area (Å²) in [7, 11) is 0. The molecule has 0 fully saturated rings. The Bertz CT molecular complexity index is 1180. The van der Waals surface area contributed by atoms with E-state index in [0.717, 1.165) is 18.5 Å². The van der Waals surface area contributed by atoms with Gasteiger partial charge in [0.15, 0.2) is 17.3 Å². The predicted molar refractivity (Wildman–Crippen MR) is 96.2 cm³/mol. The third kappa shape index (κ3) is 3.51. The van der Waals surface area contributed by atoms with Crippen molar-refractivity contribution in [1.82, 2.24) is 29.9 Å². The average Bonchev–Trinajstić information content (AvgIpc) is 3.14. The Morgan fingerprint density at radius 3 is 2.65 bits per heavy atom. The van der Waals surface area contributed by atoms with Crippen molar-refractivity contribution >= 4 is 5.91 Å². The van der Waals surface area contributed by atoms with Crippen molar-refractivity contribution in [1.29, 1.82) is 0 Å². The molecule has 4 rings (SSSR count). The lowest BCUT2D eigenvalue weighted by Gasteiger charge is -2.32. The Balaban J connectivity index is 1.66. The fraction of sp³-hybridized carbons (Fsp3) is 0.316. The molecule has 12 heteroatoms. The Labute approximate surface area is 172 Å². The molecular formula is C19H15F5N6O. The second-order valence-electron chi connectivity index (χ2n) is 7.07. The summed E-state index contributed by atoms with van der Waals surface area (Å²) in [6.07, 6.45) is -2.97. The number of rotatable bonds is 2. The number of carbonyl (C=O) groups is 1. The molecule has 3 aromatic rings. The third-order valence-corrected chi connectivity index (χ3v) is 5.14. The van der Waals surface area contributed by atoms with E-state index in [1.165, 1.54) is 15.6 Å². The second kappa shape index (κ2) is 7.36. The van der Waals surface area contributed by atoms with Gasteiger partial charge in [-0.3, -0.25) is 4.79 Å². The third-order valence-electron chi connectivity index (χ3n) is 5.14. The van der Waals surface area contributed by atoms with Gasteiger partial charge >= 0.3 is 6.18 Å². The Kier molecular flexibility index (Phi) is 4.94. The van der Waals surface area contributed by atoms with Crippen molar-refractivity contribution in [3.05, 3.63) is 64.4 Å². The summed E-state index contributed by atoms with van der Waals surface area (Å²) < 4.78 is 68.2. The second-order valence-corrected chi connectivity index (χ2v) is 7.07. The summed E-state index contributed by atoms with van der Waals surface area (Å²) in [5, 5.41) is 8.10. The Morgan fingerprint density at radius 1 is 1.23 bits per heavy atom. The van der Waals surface area contributed by atoms with Gasteiger partial charge in [-0.25, -0.2) is 18.7 Å². The van der Waals surface area contributed by atoms with Crippen molar-refractivity contribution in [3.8, 4) is 5.82 Å². The lowest BCUT2D eigenvalue weighted by atomic mass is 10.0. The van der Waals surface area contributed by atoms with Crippen LogP contribution in [0.2, 0.25) is 0 Å². The van der Waals surface area contributed by atoms with Gasteiger partial charge in [-0.05, 0) is 31.5 Å². The molecule has 1 amide bonds. The number of pyridine rings is 2. The highest BCUT2D eigenvalue weighted by Gasteiger charge is 2.40. The highest BCUT2D eigenvalue weighted by molar-refractivity contribution is 5.95. The SMILES string of the molecule is Cc1cc(-n2nnc3c2CCN(C(=O)c2ccnc(C(F)(F)F)c2F)[C@H]3C)ncc1F. The van der Waals surface area contributed by atoms with E-state index in [2.05, 4.69) is 20.3 Å². The lowest BCUT2D eigenvalue weighted by Crippen LogP contribution is -2.40. The van der Waals surface area contributed by atoms with Gasteiger partial charge in [0.1, 0.15) is 11.5 Å². The smallest absolute Gasteiger partial charge is 0.330 e. The van der Waals surface area contributed by atoms with Gasteiger partial charge < -0.3 is 4.90 Å². The van der Waals surface area contributed by atoms with E-state index in [4.69, 9.17) is 0 Å². The number of hydrogen-bond acceptors (Lipinski definition) is 5. The summed E-state index contributed by atoms with van der Waals surface area (Å²) in [6.45, 7) is 3.27. The number of carbonyl (C=O) groups excluding carboxylic acids is 1. The van der Waals surface area contributed by atoms with Crippen LogP contribution in [0.25, 0.3) is 5.82 Å². The van der Waals surface area contributed by atoms with Crippen molar-refractivity contribution in [3.63, 3.8) is 0 Å². The van der Waals surface area contributed by atoms with Gasteiger partial charge in [0.05, 0.1) is 23.5 Å². The molecule has 1 atom stereocenters. The number of alkyl halides is 3. The van der Waals surface area contributed by atoms with E-state index in [0.29, 0.717) is 22.8 Å². The summed E-state index contributed by atoms with van der Waals surface area (Å²) >= 11 is 0. The molecule has 162 valence electrons. The number of halogens is 5. The standard InChI is InChI=1S/C19H15F5N6O/c1-9-7-14(26-8-12(9)20)30-13-4-6-29(10(2)16(13)27-28-30)18(31)11-3-5-25-17(15(11)21)19(22,23)24/h3,5,7-8,10H,4,6H2,1-2H3/t10-/m0/s1. The maximum absolute atomic E-state index is 14.4. The maximum atomic E-state index is 14.4. The number of aryl methyl sites for hydroxylation is 1. The van der Waals surface area contributed by atoms with Gasteiger partial charge in [0.25, 0.3) is 5.91 Å². The molecule has 31 heavy (non-hydrogen) atoms. The number of nitrogens with zero attached hydrogens (tertiary/aromatic N) is 6.